The van der Waals surface area contributed by atoms with Gasteiger partial charge in [0.05, 0.1) is 11.7 Å². The van der Waals surface area contributed by atoms with E-state index in [-0.39, 0.29) is 18.5 Å². The summed E-state index contributed by atoms with van der Waals surface area (Å²) in [7, 11) is 0. The number of aryl methyl sites for hydroxylation is 1. The van der Waals surface area contributed by atoms with E-state index in [9.17, 15) is 10.2 Å². The molecule has 4 heterocycles. The van der Waals surface area contributed by atoms with E-state index in [0.29, 0.717) is 0 Å². The summed E-state index contributed by atoms with van der Waals surface area (Å²) in [5, 5.41) is 21.3. The molecular formula is C23H21N3O2. The number of aromatic amines is 1. The van der Waals surface area contributed by atoms with Gasteiger partial charge in [0.2, 0.25) is 5.88 Å². The minimum Gasteiger partial charge on any atom is -0.493 e. The van der Waals surface area contributed by atoms with E-state index in [1.54, 1.807) is 0 Å². The van der Waals surface area contributed by atoms with Crippen molar-refractivity contribution in [3.05, 3.63) is 66.0 Å². The fraction of sp³-hybridized carbons (Fsp3) is 0.217. The SMILES string of the molecule is OCCCn1c2c(c3ccccc31)-c1c[nH]c(O)c1N1c3ccccc3CC21. The summed E-state index contributed by atoms with van der Waals surface area (Å²) in [5.41, 5.74) is 8.03. The van der Waals surface area contributed by atoms with Crippen LogP contribution in [-0.4, -0.2) is 26.4 Å². The lowest BCUT2D eigenvalue weighted by molar-refractivity contribution is 0.279. The zero-order valence-electron chi connectivity index (χ0n) is 15.4. The third-order valence-electron chi connectivity index (χ3n) is 6.19. The Morgan fingerprint density at radius 1 is 1.07 bits per heavy atom. The van der Waals surface area contributed by atoms with Gasteiger partial charge >= 0.3 is 0 Å². The molecule has 1 unspecified atom stereocenters. The lowest BCUT2D eigenvalue weighted by Crippen LogP contribution is -2.26. The lowest BCUT2D eigenvalue weighted by atomic mass is 9.93. The zero-order chi connectivity index (χ0) is 18.8. The van der Waals surface area contributed by atoms with Gasteiger partial charge in [0.1, 0.15) is 5.69 Å². The van der Waals surface area contributed by atoms with Gasteiger partial charge in [0, 0.05) is 53.5 Å². The monoisotopic (exact) mass is 371 g/mol. The van der Waals surface area contributed by atoms with Crippen LogP contribution in [0.5, 0.6) is 5.88 Å². The Hall–Kier alpha value is -3.18. The minimum atomic E-state index is 0.132. The van der Waals surface area contributed by atoms with Crippen molar-refractivity contribution < 1.29 is 10.2 Å². The second kappa shape index (κ2) is 5.66. The van der Waals surface area contributed by atoms with E-state index in [0.717, 1.165) is 36.3 Å². The van der Waals surface area contributed by atoms with E-state index in [2.05, 4.69) is 63.0 Å². The predicted octanol–water partition coefficient (Wildman–Crippen LogP) is 4.47. The highest BCUT2D eigenvalue weighted by Gasteiger charge is 2.43. The summed E-state index contributed by atoms with van der Waals surface area (Å²) in [4.78, 5) is 5.33. The van der Waals surface area contributed by atoms with Crippen LogP contribution in [0.1, 0.15) is 23.7 Å². The molecule has 2 aromatic carbocycles. The second-order valence-electron chi connectivity index (χ2n) is 7.62. The Kier molecular flexibility index (Phi) is 3.20. The van der Waals surface area contributed by atoms with Crippen LogP contribution in [0.25, 0.3) is 22.0 Å². The Morgan fingerprint density at radius 2 is 1.89 bits per heavy atom. The first-order chi connectivity index (χ1) is 13.8. The van der Waals surface area contributed by atoms with Gasteiger partial charge in [-0.2, -0.15) is 0 Å². The molecule has 4 aromatic rings. The van der Waals surface area contributed by atoms with Crippen molar-refractivity contribution in [1.82, 2.24) is 9.55 Å². The normalized spacial score (nSPS) is 16.8. The number of nitrogens with one attached hydrogen (secondary N) is 1. The van der Waals surface area contributed by atoms with Crippen molar-refractivity contribution >= 4 is 22.3 Å². The predicted molar refractivity (Wildman–Crippen MR) is 110 cm³/mol. The van der Waals surface area contributed by atoms with E-state index in [1.165, 1.54) is 27.7 Å². The van der Waals surface area contributed by atoms with Crippen molar-refractivity contribution in [1.29, 1.82) is 0 Å². The average Bonchev–Trinajstić information content (AvgIpc) is 3.38. The number of aromatic hydroxyl groups is 1. The number of aliphatic hydroxyl groups excluding tert-OH is 1. The molecule has 1 atom stereocenters. The Morgan fingerprint density at radius 3 is 2.79 bits per heavy atom. The second-order valence-corrected chi connectivity index (χ2v) is 7.62. The number of benzene rings is 2. The molecule has 6 rings (SSSR count). The van der Waals surface area contributed by atoms with Gasteiger partial charge in [-0.25, -0.2) is 0 Å². The third kappa shape index (κ3) is 1.89. The zero-order valence-corrected chi connectivity index (χ0v) is 15.4. The van der Waals surface area contributed by atoms with Crippen LogP contribution in [0.15, 0.2) is 54.7 Å². The molecule has 2 aromatic heterocycles. The molecule has 0 spiro atoms. The van der Waals surface area contributed by atoms with Crippen LogP contribution in [0.2, 0.25) is 0 Å². The molecule has 3 N–H and O–H groups in total. The van der Waals surface area contributed by atoms with Gasteiger partial charge in [-0.05, 0) is 24.1 Å². The van der Waals surface area contributed by atoms with E-state index >= 15 is 0 Å². The van der Waals surface area contributed by atoms with E-state index < -0.39 is 0 Å². The first-order valence-corrected chi connectivity index (χ1v) is 9.79. The Bertz CT molecular complexity index is 1220. The fourth-order valence-electron chi connectivity index (χ4n) is 5.14. The van der Waals surface area contributed by atoms with Gasteiger partial charge in [-0.1, -0.05) is 36.4 Å². The van der Waals surface area contributed by atoms with Gasteiger partial charge in [-0.3, -0.25) is 0 Å². The van der Waals surface area contributed by atoms with Crippen LogP contribution >= 0.6 is 0 Å². The Balaban J connectivity index is 1.71. The number of nitrogens with zero attached hydrogens (tertiary/aromatic N) is 2. The van der Waals surface area contributed by atoms with E-state index in [4.69, 9.17) is 0 Å². The summed E-state index contributed by atoms with van der Waals surface area (Å²) < 4.78 is 2.37. The van der Waals surface area contributed by atoms with Crippen molar-refractivity contribution in [2.24, 2.45) is 0 Å². The molecule has 0 radical (unpaired) electrons. The molecule has 0 fully saturated rings. The number of H-pyrrole nitrogens is 1. The first-order valence-electron chi connectivity index (χ1n) is 9.79. The van der Waals surface area contributed by atoms with Crippen LogP contribution in [0.3, 0.4) is 0 Å². The number of hydrogen-bond acceptors (Lipinski definition) is 3. The maximum Gasteiger partial charge on any atom is 0.213 e. The maximum atomic E-state index is 10.7. The third-order valence-corrected chi connectivity index (χ3v) is 6.19. The van der Waals surface area contributed by atoms with Gasteiger partial charge in [0.15, 0.2) is 0 Å². The molecule has 5 nitrogen and oxygen atoms in total. The van der Waals surface area contributed by atoms with Crippen LogP contribution < -0.4 is 4.90 Å². The van der Waals surface area contributed by atoms with E-state index in [1.807, 2.05) is 6.20 Å². The number of aliphatic hydroxyl groups is 1. The largest absolute Gasteiger partial charge is 0.493 e. The number of fused-ring (bicyclic) bond motifs is 10. The van der Waals surface area contributed by atoms with Crippen LogP contribution in [0, 0.1) is 0 Å². The van der Waals surface area contributed by atoms with Crippen molar-refractivity contribution in [3.8, 4) is 17.0 Å². The summed E-state index contributed by atoms with van der Waals surface area (Å²) >= 11 is 0. The highest BCUT2D eigenvalue weighted by molar-refractivity contribution is 6.05. The molecule has 0 saturated carbocycles. The highest BCUT2D eigenvalue weighted by Crippen LogP contribution is 2.58. The number of hydrogen-bond donors (Lipinski definition) is 3. The van der Waals surface area contributed by atoms with Gasteiger partial charge in [-0.15, -0.1) is 0 Å². The number of para-hydroxylation sites is 2. The molecule has 28 heavy (non-hydrogen) atoms. The van der Waals surface area contributed by atoms with Crippen molar-refractivity contribution in [2.75, 3.05) is 11.5 Å². The fourth-order valence-corrected chi connectivity index (χ4v) is 5.14. The molecular weight excluding hydrogens is 350 g/mol. The summed E-state index contributed by atoms with van der Waals surface area (Å²) in [6.07, 6.45) is 3.54. The van der Waals surface area contributed by atoms with Crippen molar-refractivity contribution in [2.45, 2.75) is 25.4 Å². The standard InChI is InChI=1S/C23H21N3O2/c27-11-5-10-25-18-9-4-2-7-15(18)20-16-13-24-23(28)21(16)26-17-8-3-1-6-14(17)12-19(26)22(20)25/h1-4,6-9,13,19,24,27-28H,5,10-12H2. The average molecular weight is 371 g/mol. The van der Waals surface area contributed by atoms with Crippen LogP contribution in [-0.2, 0) is 13.0 Å². The molecule has 2 aliphatic heterocycles. The van der Waals surface area contributed by atoms with Gasteiger partial charge < -0.3 is 24.7 Å². The highest BCUT2D eigenvalue weighted by atomic mass is 16.3. The molecule has 0 amide bonds. The smallest absolute Gasteiger partial charge is 0.213 e. The molecule has 5 heteroatoms. The summed E-state index contributed by atoms with van der Waals surface area (Å²) in [6, 6.07) is 17.0. The Labute approximate surface area is 162 Å². The minimum absolute atomic E-state index is 0.132. The lowest BCUT2D eigenvalue weighted by Gasteiger charge is -2.34. The molecule has 0 bridgehead atoms. The molecule has 2 aliphatic rings. The number of aromatic nitrogens is 2. The number of rotatable bonds is 3. The van der Waals surface area contributed by atoms with Crippen LogP contribution in [0.4, 0.5) is 11.4 Å². The maximum absolute atomic E-state index is 10.7. The number of anilines is 2. The van der Waals surface area contributed by atoms with Gasteiger partial charge in [0.25, 0.3) is 0 Å². The van der Waals surface area contributed by atoms with Crippen molar-refractivity contribution in [3.63, 3.8) is 0 Å². The topological polar surface area (TPSA) is 64.4 Å². The first kappa shape index (κ1) is 15.8. The molecule has 0 saturated heterocycles. The summed E-state index contributed by atoms with van der Waals surface area (Å²) in [5.74, 6) is 0.217. The summed E-state index contributed by atoms with van der Waals surface area (Å²) in [6.45, 7) is 0.949. The molecule has 0 aliphatic carbocycles. The molecule has 140 valence electrons. The quantitative estimate of drug-likeness (QED) is 0.498.